The highest BCUT2D eigenvalue weighted by Crippen LogP contribution is 2.30. The molecule has 0 bridgehead atoms. The summed E-state index contributed by atoms with van der Waals surface area (Å²) in [4.78, 5) is 9.03. The number of halogens is 1. The third-order valence-electron chi connectivity index (χ3n) is 3.92. The maximum atomic E-state index is 6.24. The van der Waals surface area contributed by atoms with Crippen molar-refractivity contribution in [1.29, 1.82) is 0 Å². The minimum Gasteiger partial charge on any atom is -0.367 e. The lowest BCUT2D eigenvalue weighted by Gasteiger charge is -2.29. The number of rotatable bonds is 4. The van der Waals surface area contributed by atoms with Crippen LogP contribution in [0.2, 0.25) is 5.15 Å². The van der Waals surface area contributed by atoms with E-state index in [1.165, 1.54) is 25.7 Å². The first kappa shape index (κ1) is 15.9. The SMILES string of the molecule is CSC1CCCC(Nc2nc(C(C)C)nc(Cl)c2C)C1. The summed E-state index contributed by atoms with van der Waals surface area (Å²) >= 11 is 8.22. The Balaban J connectivity index is 2.15. The molecule has 0 spiro atoms. The molecule has 0 radical (unpaired) electrons. The van der Waals surface area contributed by atoms with Crippen molar-refractivity contribution < 1.29 is 0 Å². The maximum Gasteiger partial charge on any atom is 0.137 e. The predicted molar refractivity (Wildman–Crippen MR) is 89.0 cm³/mol. The number of nitrogens with zero attached hydrogens (tertiary/aromatic N) is 2. The predicted octanol–water partition coefficient (Wildman–Crippen LogP) is 4.65. The minimum atomic E-state index is 0.291. The fourth-order valence-electron chi connectivity index (χ4n) is 2.59. The Morgan fingerprint density at radius 1 is 1.30 bits per heavy atom. The molecule has 1 heterocycles. The van der Waals surface area contributed by atoms with Crippen LogP contribution in [0.4, 0.5) is 5.82 Å². The van der Waals surface area contributed by atoms with E-state index in [4.69, 9.17) is 11.6 Å². The van der Waals surface area contributed by atoms with Gasteiger partial charge in [-0.15, -0.1) is 0 Å². The van der Waals surface area contributed by atoms with Crippen molar-refractivity contribution >= 4 is 29.2 Å². The molecule has 1 saturated carbocycles. The standard InChI is InChI=1S/C15H24ClN3S/c1-9(2)14-18-13(16)10(3)15(19-14)17-11-6-5-7-12(8-11)20-4/h9,11-12H,5-8H2,1-4H3,(H,17,18,19). The molecule has 1 aliphatic rings. The average Bonchev–Trinajstić information content (AvgIpc) is 2.43. The summed E-state index contributed by atoms with van der Waals surface area (Å²) in [6, 6.07) is 0.505. The molecule has 0 aliphatic heterocycles. The van der Waals surface area contributed by atoms with Crippen molar-refractivity contribution in [3.05, 3.63) is 16.5 Å². The number of aromatic nitrogens is 2. The van der Waals surface area contributed by atoms with Gasteiger partial charge in [0.2, 0.25) is 0 Å². The monoisotopic (exact) mass is 313 g/mol. The molecule has 1 fully saturated rings. The molecule has 0 aromatic carbocycles. The Labute approximate surface area is 131 Å². The highest BCUT2D eigenvalue weighted by molar-refractivity contribution is 7.99. The van der Waals surface area contributed by atoms with Gasteiger partial charge < -0.3 is 5.32 Å². The summed E-state index contributed by atoms with van der Waals surface area (Å²) in [5.74, 6) is 2.03. The van der Waals surface area contributed by atoms with Crippen LogP contribution in [0.15, 0.2) is 0 Å². The third-order valence-corrected chi connectivity index (χ3v) is 5.38. The molecule has 1 aromatic rings. The molecular weight excluding hydrogens is 290 g/mol. The topological polar surface area (TPSA) is 37.8 Å². The van der Waals surface area contributed by atoms with Gasteiger partial charge in [-0.2, -0.15) is 11.8 Å². The second-order valence-electron chi connectivity index (χ2n) is 5.87. The fraction of sp³-hybridized carbons (Fsp3) is 0.733. The van der Waals surface area contributed by atoms with Crippen molar-refractivity contribution in [2.75, 3.05) is 11.6 Å². The number of hydrogen-bond donors (Lipinski definition) is 1. The van der Waals surface area contributed by atoms with Gasteiger partial charge in [0, 0.05) is 22.8 Å². The number of thioether (sulfide) groups is 1. The Bertz CT molecular complexity index is 465. The first-order valence-electron chi connectivity index (χ1n) is 7.34. The van der Waals surface area contributed by atoms with Gasteiger partial charge in [0.05, 0.1) is 0 Å². The van der Waals surface area contributed by atoms with Crippen LogP contribution in [-0.2, 0) is 0 Å². The summed E-state index contributed by atoms with van der Waals surface area (Å²) < 4.78 is 0. The molecular formula is C15H24ClN3S. The quantitative estimate of drug-likeness (QED) is 0.821. The van der Waals surface area contributed by atoms with Gasteiger partial charge in [-0.25, -0.2) is 9.97 Å². The Hall–Kier alpha value is -0.480. The van der Waals surface area contributed by atoms with Crippen LogP contribution in [0.1, 0.15) is 56.8 Å². The lowest BCUT2D eigenvalue weighted by Crippen LogP contribution is -2.29. The molecule has 1 aromatic heterocycles. The summed E-state index contributed by atoms with van der Waals surface area (Å²) in [6.45, 7) is 6.17. The van der Waals surface area contributed by atoms with E-state index in [0.29, 0.717) is 17.1 Å². The second-order valence-corrected chi connectivity index (χ2v) is 7.36. The van der Waals surface area contributed by atoms with E-state index in [0.717, 1.165) is 22.5 Å². The minimum absolute atomic E-state index is 0.291. The zero-order valence-electron chi connectivity index (χ0n) is 12.7. The summed E-state index contributed by atoms with van der Waals surface area (Å²) in [5.41, 5.74) is 0.961. The summed E-state index contributed by atoms with van der Waals surface area (Å²) in [7, 11) is 0. The fourth-order valence-corrected chi connectivity index (χ4v) is 3.59. The molecule has 2 atom stereocenters. The molecule has 5 heteroatoms. The lowest BCUT2D eigenvalue weighted by molar-refractivity contribution is 0.472. The third kappa shape index (κ3) is 3.79. The second kappa shape index (κ2) is 6.99. The number of nitrogens with one attached hydrogen (secondary N) is 1. The maximum absolute atomic E-state index is 6.24. The van der Waals surface area contributed by atoms with E-state index in [9.17, 15) is 0 Å². The van der Waals surface area contributed by atoms with Crippen LogP contribution >= 0.6 is 23.4 Å². The lowest BCUT2D eigenvalue weighted by atomic mass is 9.95. The molecule has 1 N–H and O–H groups in total. The van der Waals surface area contributed by atoms with Crippen LogP contribution in [0, 0.1) is 6.92 Å². The molecule has 2 unspecified atom stereocenters. The van der Waals surface area contributed by atoms with Crippen LogP contribution < -0.4 is 5.32 Å². The van der Waals surface area contributed by atoms with Crippen LogP contribution in [0.3, 0.4) is 0 Å². The largest absolute Gasteiger partial charge is 0.367 e. The smallest absolute Gasteiger partial charge is 0.137 e. The normalized spacial score (nSPS) is 23.1. The van der Waals surface area contributed by atoms with Gasteiger partial charge >= 0.3 is 0 Å². The highest BCUT2D eigenvalue weighted by Gasteiger charge is 2.22. The van der Waals surface area contributed by atoms with Gasteiger partial charge in [-0.05, 0) is 32.4 Å². The van der Waals surface area contributed by atoms with Gasteiger partial charge in [-0.1, -0.05) is 31.9 Å². The van der Waals surface area contributed by atoms with Crippen molar-refractivity contribution in [3.63, 3.8) is 0 Å². The molecule has 0 amide bonds. The van der Waals surface area contributed by atoms with E-state index in [1.54, 1.807) is 0 Å². The van der Waals surface area contributed by atoms with E-state index in [-0.39, 0.29) is 0 Å². The van der Waals surface area contributed by atoms with Crippen molar-refractivity contribution in [1.82, 2.24) is 9.97 Å². The molecule has 3 nitrogen and oxygen atoms in total. The molecule has 1 aliphatic carbocycles. The Kier molecular flexibility index (Phi) is 5.56. The van der Waals surface area contributed by atoms with Gasteiger partial charge in [0.15, 0.2) is 0 Å². The van der Waals surface area contributed by atoms with Gasteiger partial charge in [0.1, 0.15) is 16.8 Å². The van der Waals surface area contributed by atoms with Gasteiger partial charge in [-0.3, -0.25) is 0 Å². The highest BCUT2D eigenvalue weighted by atomic mass is 35.5. The zero-order chi connectivity index (χ0) is 14.7. The molecule has 2 rings (SSSR count). The Morgan fingerprint density at radius 3 is 2.70 bits per heavy atom. The van der Waals surface area contributed by atoms with Crippen molar-refractivity contribution in [2.45, 2.75) is 63.7 Å². The van der Waals surface area contributed by atoms with Crippen molar-refractivity contribution in [3.8, 4) is 0 Å². The Morgan fingerprint density at radius 2 is 2.05 bits per heavy atom. The summed E-state index contributed by atoms with van der Waals surface area (Å²) in [5, 5.41) is 4.94. The van der Waals surface area contributed by atoms with Crippen LogP contribution in [0.5, 0.6) is 0 Å². The van der Waals surface area contributed by atoms with Crippen LogP contribution in [0.25, 0.3) is 0 Å². The first-order chi connectivity index (χ1) is 9.51. The number of hydrogen-bond acceptors (Lipinski definition) is 4. The summed E-state index contributed by atoms with van der Waals surface area (Å²) in [6.07, 6.45) is 7.25. The zero-order valence-corrected chi connectivity index (χ0v) is 14.3. The van der Waals surface area contributed by atoms with E-state index in [2.05, 4.69) is 35.4 Å². The average molecular weight is 314 g/mol. The molecule has 112 valence electrons. The van der Waals surface area contributed by atoms with E-state index >= 15 is 0 Å². The van der Waals surface area contributed by atoms with Gasteiger partial charge in [0.25, 0.3) is 0 Å². The number of anilines is 1. The molecule has 0 saturated heterocycles. The molecule has 20 heavy (non-hydrogen) atoms. The van der Waals surface area contributed by atoms with Crippen molar-refractivity contribution in [2.24, 2.45) is 0 Å². The van der Waals surface area contributed by atoms with Crippen LogP contribution in [-0.4, -0.2) is 27.5 Å². The van der Waals surface area contributed by atoms with E-state index in [1.807, 2.05) is 18.7 Å². The van der Waals surface area contributed by atoms with E-state index < -0.39 is 0 Å². The first-order valence-corrected chi connectivity index (χ1v) is 9.01.